The van der Waals surface area contributed by atoms with E-state index < -0.39 is 11.7 Å². The molecule has 0 saturated carbocycles. The van der Waals surface area contributed by atoms with Crippen molar-refractivity contribution >= 4 is 28.6 Å². The van der Waals surface area contributed by atoms with Crippen LogP contribution in [-0.2, 0) is 0 Å². The molecule has 3 nitrogen and oxygen atoms in total. The van der Waals surface area contributed by atoms with Crippen molar-refractivity contribution in [3.63, 3.8) is 0 Å². The molecule has 1 aromatic heterocycles. The molecule has 3 N–H and O–H groups in total. The topological polar surface area (TPSA) is 55.1 Å². The highest BCUT2D eigenvalue weighted by molar-refractivity contribution is 7.12. The van der Waals surface area contributed by atoms with Gasteiger partial charge in [0.2, 0.25) is 0 Å². The Bertz CT molecular complexity index is 524. The summed E-state index contributed by atoms with van der Waals surface area (Å²) in [6, 6.07) is 7.63. The zero-order valence-electron chi connectivity index (χ0n) is 8.24. The largest absolute Gasteiger partial charge is 0.397 e. The van der Waals surface area contributed by atoms with Gasteiger partial charge in [-0.05, 0) is 23.6 Å². The van der Waals surface area contributed by atoms with Crippen LogP contribution in [0.5, 0.6) is 0 Å². The van der Waals surface area contributed by atoms with Crippen LogP contribution in [0.1, 0.15) is 9.67 Å². The first kappa shape index (κ1) is 10.6. The summed E-state index contributed by atoms with van der Waals surface area (Å²) >= 11 is 1.22. The summed E-state index contributed by atoms with van der Waals surface area (Å²) in [5, 5.41) is 4.18. The average Bonchev–Trinajstić information content (AvgIpc) is 2.68. The van der Waals surface area contributed by atoms with E-state index in [1.54, 1.807) is 23.6 Å². The number of nitrogens with two attached hydrogens (primary N) is 1. The van der Waals surface area contributed by atoms with E-state index in [9.17, 15) is 9.18 Å². The van der Waals surface area contributed by atoms with Gasteiger partial charge < -0.3 is 11.1 Å². The van der Waals surface area contributed by atoms with E-state index in [-0.39, 0.29) is 5.69 Å². The van der Waals surface area contributed by atoms with E-state index in [2.05, 4.69) is 5.32 Å². The zero-order valence-corrected chi connectivity index (χ0v) is 9.05. The minimum Gasteiger partial charge on any atom is -0.397 e. The van der Waals surface area contributed by atoms with Crippen LogP contribution in [0, 0.1) is 5.82 Å². The molecule has 0 atom stereocenters. The highest BCUT2D eigenvalue weighted by Gasteiger charge is 2.12. The monoisotopic (exact) mass is 236 g/mol. The lowest BCUT2D eigenvalue weighted by molar-refractivity contribution is 0.103. The van der Waals surface area contributed by atoms with E-state index >= 15 is 0 Å². The summed E-state index contributed by atoms with van der Waals surface area (Å²) in [7, 11) is 0. The summed E-state index contributed by atoms with van der Waals surface area (Å²) in [5.41, 5.74) is 6.14. The molecule has 16 heavy (non-hydrogen) atoms. The number of para-hydroxylation sites is 1. The van der Waals surface area contributed by atoms with Gasteiger partial charge in [0.1, 0.15) is 10.7 Å². The van der Waals surface area contributed by atoms with Crippen molar-refractivity contribution in [3.05, 3.63) is 46.4 Å². The van der Waals surface area contributed by atoms with Gasteiger partial charge in [-0.2, -0.15) is 0 Å². The minimum atomic E-state index is -0.467. The molecule has 0 radical (unpaired) electrons. The number of halogens is 1. The number of thiophene rings is 1. The summed E-state index contributed by atoms with van der Waals surface area (Å²) in [5.74, 6) is -0.858. The highest BCUT2D eigenvalue weighted by atomic mass is 32.1. The molecule has 0 aliphatic rings. The van der Waals surface area contributed by atoms with Gasteiger partial charge in [-0.25, -0.2) is 4.39 Å². The first-order valence-electron chi connectivity index (χ1n) is 4.57. The number of hydrogen-bond acceptors (Lipinski definition) is 3. The predicted octanol–water partition coefficient (Wildman–Crippen LogP) is 2.72. The van der Waals surface area contributed by atoms with E-state index in [4.69, 9.17) is 5.73 Å². The summed E-state index contributed by atoms with van der Waals surface area (Å²) < 4.78 is 13.2. The molecule has 5 heteroatoms. The van der Waals surface area contributed by atoms with Gasteiger partial charge in [-0.1, -0.05) is 12.1 Å². The number of nitrogens with one attached hydrogen (secondary N) is 1. The van der Waals surface area contributed by atoms with E-state index in [0.29, 0.717) is 10.6 Å². The van der Waals surface area contributed by atoms with Crippen LogP contribution in [0.4, 0.5) is 15.8 Å². The summed E-state index contributed by atoms with van der Waals surface area (Å²) in [6.45, 7) is 0. The molecule has 82 valence electrons. The Morgan fingerprint density at radius 2 is 2.06 bits per heavy atom. The highest BCUT2D eigenvalue weighted by Crippen LogP contribution is 2.21. The van der Waals surface area contributed by atoms with Gasteiger partial charge in [0.25, 0.3) is 5.91 Å². The third-order valence-electron chi connectivity index (χ3n) is 2.02. The van der Waals surface area contributed by atoms with Crippen LogP contribution in [0.3, 0.4) is 0 Å². The molecule has 1 amide bonds. The summed E-state index contributed by atoms with van der Waals surface area (Å²) in [4.78, 5) is 12.1. The Labute approximate surface area is 95.7 Å². The van der Waals surface area contributed by atoms with E-state index in [1.165, 1.54) is 23.5 Å². The molecule has 2 aromatic rings. The molecule has 0 spiro atoms. The number of carbonyl (C=O) groups is 1. The van der Waals surface area contributed by atoms with Gasteiger partial charge in [-0.3, -0.25) is 4.79 Å². The molecule has 0 fully saturated rings. The lowest BCUT2D eigenvalue weighted by Crippen LogP contribution is -2.12. The number of rotatable bonds is 2. The molecular formula is C11H9FN2OS. The van der Waals surface area contributed by atoms with Gasteiger partial charge in [0.15, 0.2) is 0 Å². The van der Waals surface area contributed by atoms with Gasteiger partial charge >= 0.3 is 0 Å². The molecule has 1 aromatic carbocycles. The molecule has 1 heterocycles. The number of carbonyl (C=O) groups excluding carboxylic acids is 1. The Morgan fingerprint density at radius 3 is 2.69 bits per heavy atom. The van der Waals surface area contributed by atoms with Crippen LogP contribution in [0.15, 0.2) is 35.7 Å². The fourth-order valence-corrected chi connectivity index (χ4v) is 1.96. The van der Waals surface area contributed by atoms with Crippen molar-refractivity contribution < 1.29 is 9.18 Å². The third kappa shape index (κ3) is 2.04. The second-order valence-electron chi connectivity index (χ2n) is 3.14. The van der Waals surface area contributed by atoms with Gasteiger partial charge in [0.05, 0.1) is 11.4 Å². The van der Waals surface area contributed by atoms with Crippen molar-refractivity contribution in [2.75, 3.05) is 11.1 Å². The van der Waals surface area contributed by atoms with Crippen molar-refractivity contribution in [1.82, 2.24) is 0 Å². The molecule has 0 aliphatic carbocycles. The molecular weight excluding hydrogens is 227 g/mol. The van der Waals surface area contributed by atoms with Crippen molar-refractivity contribution in [2.24, 2.45) is 0 Å². The molecule has 0 aliphatic heterocycles. The standard InChI is InChI=1S/C11H9FN2OS/c12-7-3-1-2-4-9(7)14-11(15)10-8(13)5-6-16-10/h1-6H,13H2,(H,14,15). The second kappa shape index (κ2) is 4.32. The maximum absolute atomic E-state index is 13.2. The average molecular weight is 236 g/mol. The smallest absolute Gasteiger partial charge is 0.267 e. The molecule has 0 bridgehead atoms. The summed E-state index contributed by atoms with van der Waals surface area (Å²) in [6.07, 6.45) is 0. The number of amides is 1. The fourth-order valence-electron chi connectivity index (χ4n) is 1.25. The van der Waals surface area contributed by atoms with Crippen LogP contribution >= 0.6 is 11.3 Å². The Kier molecular flexibility index (Phi) is 2.87. The minimum absolute atomic E-state index is 0.153. The Morgan fingerprint density at radius 1 is 1.31 bits per heavy atom. The van der Waals surface area contributed by atoms with Crippen LogP contribution < -0.4 is 11.1 Å². The molecule has 2 rings (SSSR count). The van der Waals surface area contributed by atoms with Crippen molar-refractivity contribution in [1.29, 1.82) is 0 Å². The van der Waals surface area contributed by atoms with Crippen LogP contribution in [0.25, 0.3) is 0 Å². The van der Waals surface area contributed by atoms with Gasteiger partial charge in [-0.15, -0.1) is 11.3 Å². The maximum atomic E-state index is 13.2. The van der Waals surface area contributed by atoms with E-state index in [0.717, 1.165) is 0 Å². The lowest BCUT2D eigenvalue weighted by Gasteiger charge is -2.04. The Balaban J connectivity index is 2.21. The lowest BCUT2D eigenvalue weighted by atomic mass is 10.3. The van der Waals surface area contributed by atoms with Crippen LogP contribution in [0.2, 0.25) is 0 Å². The number of nitrogen functional groups attached to an aromatic ring is 1. The van der Waals surface area contributed by atoms with Crippen molar-refractivity contribution in [3.8, 4) is 0 Å². The third-order valence-corrected chi connectivity index (χ3v) is 2.95. The van der Waals surface area contributed by atoms with Crippen molar-refractivity contribution in [2.45, 2.75) is 0 Å². The van der Waals surface area contributed by atoms with Gasteiger partial charge in [0, 0.05) is 0 Å². The molecule has 0 saturated heterocycles. The number of hydrogen-bond donors (Lipinski definition) is 2. The number of anilines is 2. The number of benzene rings is 1. The van der Waals surface area contributed by atoms with Crippen LogP contribution in [-0.4, -0.2) is 5.91 Å². The second-order valence-corrected chi connectivity index (χ2v) is 4.06. The normalized spacial score (nSPS) is 10.1. The zero-order chi connectivity index (χ0) is 11.5. The fraction of sp³-hybridized carbons (Fsp3) is 0. The first-order valence-corrected chi connectivity index (χ1v) is 5.45. The molecule has 0 unspecified atom stereocenters. The quantitative estimate of drug-likeness (QED) is 0.842. The maximum Gasteiger partial charge on any atom is 0.267 e. The Hall–Kier alpha value is -1.88. The SMILES string of the molecule is Nc1ccsc1C(=O)Nc1ccccc1F. The van der Waals surface area contributed by atoms with E-state index in [1.807, 2.05) is 0 Å². The first-order chi connectivity index (χ1) is 7.68. The predicted molar refractivity (Wildman–Crippen MR) is 63.1 cm³/mol.